The zero-order valence-electron chi connectivity index (χ0n) is 41.6. The molecule has 1 amide bonds. The summed E-state index contributed by atoms with van der Waals surface area (Å²) >= 11 is 0. The van der Waals surface area contributed by atoms with Crippen LogP contribution in [0.3, 0.4) is 0 Å². The standard InChI is InChI=1S/C13H20N2O4.C12H21N5O4.C7H14O3.C6H8N2O2.C5H6O2.CO2/c1-10(16)11-9-12(14-15(11)2)17-7-8-19-13-5-3-4-6-18-13;1-12(2,3)21-11(18)15-10(13)8-7-9(16-17(8)4)19-5-6-20-14;8-4-6-10-7-3-1-2-5-9-7;1-4(9)5-3-6(10)7-8(5)2;1-3-4-5(6)7-2;2-1-3/h9,13H,3-8H2,1-2H3;7H,5-6,14H2,1-4H3,(H2,13,15,18);7-8H,1-6H2;3H,1-2H3,(H,7,10);1-2H3;. The van der Waals surface area contributed by atoms with E-state index >= 15 is 0 Å². The van der Waals surface area contributed by atoms with Crippen molar-refractivity contribution in [2.45, 2.75) is 98.2 Å². The number of ketones is 2. The number of carbonyl (C=O) groups is 4. The molecule has 2 saturated heterocycles. The second-order valence-electron chi connectivity index (χ2n) is 15.2. The third-order valence-corrected chi connectivity index (χ3v) is 8.40. The van der Waals surface area contributed by atoms with Crippen LogP contribution in [-0.2, 0) is 68.8 Å². The van der Waals surface area contributed by atoms with Crippen molar-refractivity contribution in [3.8, 4) is 23.6 Å². The SMILES string of the molecule is CC#CC(=O)OC.CC(=O)c1cc(=O)[nH]n1C.CC(=O)c1cc(OCCOC2CCCCO2)nn1C.Cn1nc(OCCON)cc1C(=N)NC(=O)OC(C)(C)C.O=C=O.OCCOC1CCCCO1. The number of aliphatic hydroxyl groups excluding tert-OH is 1. The van der Waals surface area contributed by atoms with Crippen LogP contribution in [0.5, 0.6) is 11.8 Å². The molecule has 2 atom stereocenters. The van der Waals surface area contributed by atoms with Gasteiger partial charge in [0.2, 0.25) is 11.8 Å². The number of rotatable bonds is 15. The number of aromatic amines is 1. The second-order valence-corrected chi connectivity index (χ2v) is 15.2. The average molecular weight is 996 g/mol. The molecule has 26 heteroatoms. The van der Waals surface area contributed by atoms with Gasteiger partial charge in [0, 0.05) is 72.3 Å². The Morgan fingerprint density at radius 3 is 1.71 bits per heavy atom. The number of esters is 1. The first kappa shape index (κ1) is 63.4. The number of aliphatic hydroxyl groups is 1. The summed E-state index contributed by atoms with van der Waals surface area (Å²) < 4.78 is 45.7. The van der Waals surface area contributed by atoms with E-state index in [-0.39, 0.29) is 61.5 Å². The summed E-state index contributed by atoms with van der Waals surface area (Å²) in [7, 11) is 6.27. The molecule has 0 aliphatic carbocycles. The van der Waals surface area contributed by atoms with Crippen LogP contribution in [0.15, 0.2) is 23.0 Å². The fraction of sp³-hybridized carbons (Fsp3) is 0.614. The predicted octanol–water partition coefficient (Wildman–Crippen LogP) is 2.12. The Kier molecular flexibility index (Phi) is 33.0. The van der Waals surface area contributed by atoms with Crippen LogP contribution in [-0.4, -0.2) is 148 Å². The highest BCUT2D eigenvalue weighted by molar-refractivity contribution is 6.03. The lowest BCUT2D eigenvalue weighted by atomic mass is 10.2. The molecule has 3 aromatic heterocycles. The first-order valence-corrected chi connectivity index (χ1v) is 21.8. The zero-order chi connectivity index (χ0) is 53.1. The molecule has 5 heterocycles. The van der Waals surface area contributed by atoms with E-state index < -0.39 is 17.7 Å². The average Bonchev–Trinajstić information content (AvgIpc) is 3.99. The van der Waals surface area contributed by atoms with E-state index in [0.29, 0.717) is 48.7 Å². The quantitative estimate of drug-likeness (QED) is 0.0213. The van der Waals surface area contributed by atoms with E-state index in [4.69, 9.17) is 59.2 Å². The van der Waals surface area contributed by atoms with Crippen molar-refractivity contribution in [2.24, 2.45) is 27.0 Å². The minimum absolute atomic E-state index is 0.0308. The molecule has 0 radical (unpaired) electrons. The lowest BCUT2D eigenvalue weighted by molar-refractivity contribution is -0.191. The van der Waals surface area contributed by atoms with E-state index in [2.05, 4.69) is 42.0 Å². The smallest absolute Gasteiger partial charge is 0.413 e. The van der Waals surface area contributed by atoms with Crippen molar-refractivity contribution in [2.75, 3.05) is 60.0 Å². The van der Waals surface area contributed by atoms with Crippen molar-refractivity contribution in [3.63, 3.8) is 0 Å². The van der Waals surface area contributed by atoms with Gasteiger partial charge >= 0.3 is 18.2 Å². The number of amides is 1. The molecule has 3 aromatic rings. The Morgan fingerprint density at radius 2 is 1.34 bits per heavy atom. The summed E-state index contributed by atoms with van der Waals surface area (Å²) in [5.74, 6) is 9.45. The monoisotopic (exact) mass is 995 g/mol. The number of hydrogen-bond donors (Lipinski definition) is 5. The van der Waals surface area contributed by atoms with Gasteiger partial charge in [-0.3, -0.25) is 44.3 Å². The van der Waals surface area contributed by atoms with Gasteiger partial charge in [0.05, 0.1) is 26.9 Å². The van der Waals surface area contributed by atoms with E-state index in [9.17, 15) is 24.0 Å². The molecule has 5 rings (SSSR count). The van der Waals surface area contributed by atoms with Gasteiger partial charge in [-0.2, -0.15) is 9.59 Å². The number of nitrogens with two attached hydrogens (primary N) is 1. The predicted molar refractivity (Wildman–Crippen MR) is 246 cm³/mol. The fourth-order valence-electron chi connectivity index (χ4n) is 5.42. The number of Topliss-reactive ketones (excluding diaryl/α,β-unsaturated/α-hetero) is 2. The number of methoxy groups -OCH3 is 1. The molecule has 2 fully saturated rings. The fourth-order valence-corrected chi connectivity index (χ4v) is 5.42. The zero-order valence-corrected chi connectivity index (χ0v) is 41.6. The van der Waals surface area contributed by atoms with Crippen molar-refractivity contribution >= 4 is 35.6 Å². The van der Waals surface area contributed by atoms with Crippen molar-refractivity contribution in [1.82, 2.24) is 34.7 Å². The third kappa shape index (κ3) is 29.4. The topological polar surface area (TPSA) is 341 Å². The summed E-state index contributed by atoms with van der Waals surface area (Å²) in [6, 6.07) is 4.44. The molecule has 0 saturated carbocycles. The first-order chi connectivity index (χ1) is 33.2. The van der Waals surface area contributed by atoms with Gasteiger partial charge in [-0.1, -0.05) is 5.92 Å². The number of alkyl carbamates (subject to hydrolysis) is 1. The highest BCUT2D eigenvalue weighted by Crippen LogP contribution is 2.16. The number of H-pyrrole nitrogens is 1. The molecular weight excluding hydrogens is 927 g/mol. The third-order valence-electron chi connectivity index (χ3n) is 8.40. The van der Waals surface area contributed by atoms with Crippen molar-refractivity contribution in [3.05, 3.63) is 45.6 Å². The van der Waals surface area contributed by atoms with Crippen molar-refractivity contribution in [1.29, 1.82) is 5.41 Å². The van der Waals surface area contributed by atoms with Gasteiger partial charge in [-0.25, -0.2) is 15.5 Å². The van der Waals surface area contributed by atoms with Gasteiger partial charge in [0.1, 0.15) is 42.5 Å². The minimum atomic E-state index is -0.701. The number of carbonyl (C=O) groups excluding carboxylic acids is 6. The van der Waals surface area contributed by atoms with Gasteiger partial charge in [-0.05, 0) is 66.2 Å². The molecule has 0 spiro atoms. The summed E-state index contributed by atoms with van der Waals surface area (Å²) in [5.41, 5.74) is 0.446. The molecule has 2 aliphatic heterocycles. The second kappa shape index (κ2) is 36.4. The number of ether oxygens (including phenoxy) is 8. The Morgan fingerprint density at radius 1 is 0.843 bits per heavy atom. The van der Waals surface area contributed by atoms with Crippen LogP contribution < -0.4 is 26.2 Å². The normalized spacial score (nSPS) is 14.5. The Hall–Kier alpha value is -6.56. The largest absolute Gasteiger partial charge is 0.474 e. The van der Waals surface area contributed by atoms with Crippen LogP contribution in [0.4, 0.5) is 4.79 Å². The number of amidine groups is 1. The molecular formula is C44H69N9O17. The highest BCUT2D eigenvalue weighted by Gasteiger charge is 2.20. The number of hydrogen-bond acceptors (Lipinski definition) is 21. The highest BCUT2D eigenvalue weighted by atomic mass is 16.7. The van der Waals surface area contributed by atoms with Gasteiger partial charge in [0.25, 0.3) is 5.56 Å². The molecule has 2 unspecified atom stereocenters. The minimum Gasteiger partial charge on any atom is -0.474 e. The van der Waals surface area contributed by atoms with Crippen molar-refractivity contribution < 1.29 is 76.6 Å². The molecule has 70 heavy (non-hydrogen) atoms. The Bertz CT molecular complexity index is 2160. The van der Waals surface area contributed by atoms with E-state index in [1.165, 1.54) is 53.6 Å². The molecule has 6 N–H and O–H groups in total. The summed E-state index contributed by atoms with van der Waals surface area (Å²) in [6.07, 6.45) is 5.88. The first-order valence-electron chi connectivity index (χ1n) is 21.8. The van der Waals surface area contributed by atoms with Gasteiger partial charge in [-0.15, -0.1) is 10.2 Å². The lowest BCUT2D eigenvalue weighted by Gasteiger charge is -2.22. The summed E-state index contributed by atoms with van der Waals surface area (Å²) in [6.45, 7) is 13.1. The Balaban J connectivity index is 0.000000883. The number of nitrogens with one attached hydrogen (secondary N) is 3. The molecule has 2 aliphatic rings. The number of nitrogens with zero attached hydrogens (tertiary/aromatic N) is 5. The Labute approximate surface area is 406 Å². The van der Waals surface area contributed by atoms with Crippen LogP contribution in [0.2, 0.25) is 0 Å². The van der Waals surface area contributed by atoms with Crippen LogP contribution >= 0.6 is 0 Å². The maximum Gasteiger partial charge on any atom is 0.413 e. The van der Waals surface area contributed by atoms with Crippen LogP contribution in [0.1, 0.15) is 107 Å². The van der Waals surface area contributed by atoms with E-state index in [1.54, 1.807) is 54.9 Å². The van der Waals surface area contributed by atoms with Crippen LogP contribution in [0, 0.1) is 17.3 Å². The number of aromatic nitrogens is 6. The molecule has 392 valence electrons. The maximum absolute atomic E-state index is 11.6. The number of aryl methyl sites for hydroxylation is 3. The van der Waals surface area contributed by atoms with E-state index in [1.807, 2.05) is 0 Å². The molecule has 0 bridgehead atoms. The maximum atomic E-state index is 11.6. The van der Waals surface area contributed by atoms with Gasteiger partial charge < -0.3 is 47.8 Å². The molecule has 26 nitrogen and oxygen atoms in total. The lowest BCUT2D eigenvalue weighted by Crippen LogP contribution is -2.37. The van der Waals surface area contributed by atoms with Crippen LogP contribution in [0.25, 0.3) is 0 Å². The summed E-state index contributed by atoms with van der Waals surface area (Å²) in [5, 5.41) is 29.2. The summed E-state index contributed by atoms with van der Waals surface area (Å²) in [4.78, 5) is 74.8. The van der Waals surface area contributed by atoms with Gasteiger partial charge in [0.15, 0.2) is 30.0 Å². The molecule has 0 aromatic carbocycles. The van der Waals surface area contributed by atoms with E-state index in [0.717, 1.165) is 45.3 Å².